The largest absolute Gasteiger partial charge is 0.328 e. The number of nitrogens with zero attached hydrogens (tertiary/aromatic N) is 4. The van der Waals surface area contributed by atoms with Crippen LogP contribution in [0.4, 0.5) is 5.69 Å². The second kappa shape index (κ2) is 5.48. The van der Waals surface area contributed by atoms with Crippen molar-refractivity contribution in [1.29, 1.82) is 0 Å². The highest BCUT2D eigenvalue weighted by Crippen LogP contribution is 2.28. The minimum atomic E-state index is -3.65. The number of nitrogens with one attached hydrogen (secondary N) is 1. The van der Waals surface area contributed by atoms with Crippen molar-refractivity contribution in [2.75, 3.05) is 4.72 Å². The SMILES string of the molecule is Cn1cc(S(=O)(=O)Nc2cccc(-c3cnc4n3CCC4)c2)cn1. The summed E-state index contributed by atoms with van der Waals surface area (Å²) in [7, 11) is -1.96. The molecule has 124 valence electrons. The summed E-state index contributed by atoms with van der Waals surface area (Å²) in [5.41, 5.74) is 2.48. The lowest BCUT2D eigenvalue weighted by atomic mass is 10.1. The summed E-state index contributed by atoms with van der Waals surface area (Å²) in [5.74, 6) is 1.09. The van der Waals surface area contributed by atoms with Gasteiger partial charge in [-0.15, -0.1) is 0 Å². The maximum Gasteiger partial charge on any atom is 0.265 e. The lowest BCUT2D eigenvalue weighted by Crippen LogP contribution is -2.12. The zero-order valence-electron chi connectivity index (χ0n) is 13.2. The van der Waals surface area contributed by atoms with E-state index in [1.807, 2.05) is 24.4 Å². The molecule has 3 aromatic rings. The Morgan fingerprint density at radius 3 is 2.92 bits per heavy atom. The molecule has 1 aliphatic rings. The highest BCUT2D eigenvalue weighted by Gasteiger charge is 2.19. The van der Waals surface area contributed by atoms with Crippen LogP contribution < -0.4 is 4.72 Å². The molecule has 0 amide bonds. The van der Waals surface area contributed by atoms with Crippen LogP contribution in [0.2, 0.25) is 0 Å². The minimum absolute atomic E-state index is 0.139. The van der Waals surface area contributed by atoms with E-state index in [1.54, 1.807) is 13.1 Å². The first kappa shape index (κ1) is 14.9. The summed E-state index contributed by atoms with van der Waals surface area (Å²) in [6, 6.07) is 7.37. The maximum atomic E-state index is 12.4. The third kappa shape index (κ3) is 2.58. The summed E-state index contributed by atoms with van der Waals surface area (Å²) in [6.07, 6.45) is 6.74. The molecule has 0 bridgehead atoms. The van der Waals surface area contributed by atoms with Gasteiger partial charge in [0.2, 0.25) is 0 Å². The molecule has 1 aromatic carbocycles. The van der Waals surface area contributed by atoms with Crippen molar-refractivity contribution in [3.63, 3.8) is 0 Å². The second-order valence-corrected chi connectivity index (χ2v) is 7.53. The zero-order chi connectivity index (χ0) is 16.7. The molecule has 0 saturated heterocycles. The standard InChI is InChI=1S/C16H17N5O2S/c1-20-11-14(9-18-20)24(22,23)19-13-5-2-4-12(8-13)15-10-17-16-6-3-7-21(15)16/h2,4-5,8-11,19H,3,6-7H2,1H3. The lowest BCUT2D eigenvalue weighted by Gasteiger charge is -2.09. The van der Waals surface area contributed by atoms with Crippen molar-refractivity contribution in [1.82, 2.24) is 19.3 Å². The van der Waals surface area contributed by atoms with Gasteiger partial charge >= 0.3 is 0 Å². The van der Waals surface area contributed by atoms with E-state index in [0.29, 0.717) is 5.69 Å². The van der Waals surface area contributed by atoms with Crippen molar-refractivity contribution in [2.24, 2.45) is 7.05 Å². The van der Waals surface area contributed by atoms with Gasteiger partial charge in [-0.1, -0.05) is 12.1 Å². The number of imidazole rings is 1. The molecule has 1 N–H and O–H groups in total. The van der Waals surface area contributed by atoms with Gasteiger partial charge in [0, 0.05) is 37.5 Å². The normalized spacial score (nSPS) is 13.9. The summed E-state index contributed by atoms with van der Waals surface area (Å²) in [4.78, 5) is 4.58. The second-order valence-electron chi connectivity index (χ2n) is 5.85. The van der Waals surface area contributed by atoms with Gasteiger partial charge in [-0.2, -0.15) is 5.10 Å². The van der Waals surface area contributed by atoms with E-state index in [0.717, 1.165) is 36.5 Å². The molecule has 24 heavy (non-hydrogen) atoms. The maximum absolute atomic E-state index is 12.4. The Kier molecular flexibility index (Phi) is 3.42. The lowest BCUT2D eigenvalue weighted by molar-refractivity contribution is 0.601. The van der Waals surface area contributed by atoms with E-state index in [9.17, 15) is 8.42 Å². The van der Waals surface area contributed by atoms with Gasteiger partial charge in [0.1, 0.15) is 10.7 Å². The summed E-state index contributed by atoms with van der Waals surface area (Å²) in [6.45, 7) is 0.955. The first-order chi connectivity index (χ1) is 11.5. The number of hydrogen-bond acceptors (Lipinski definition) is 4. The van der Waals surface area contributed by atoms with Crippen LogP contribution >= 0.6 is 0 Å². The van der Waals surface area contributed by atoms with Crippen molar-refractivity contribution in [3.05, 3.63) is 48.7 Å². The molecule has 0 aliphatic carbocycles. The van der Waals surface area contributed by atoms with Crippen molar-refractivity contribution >= 4 is 15.7 Å². The fourth-order valence-corrected chi connectivity index (χ4v) is 4.01. The molecule has 0 fully saturated rings. The molecule has 0 radical (unpaired) electrons. The summed E-state index contributed by atoms with van der Waals surface area (Å²) >= 11 is 0. The molecule has 0 saturated carbocycles. The van der Waals surface area contributed by atoms with E-state index in [2.05, 4.69) is 19.4 Å². The van der Waals surface area contributed by atoms with E-state index >= 15 is 0 Å². The van der Waals surface area contributed by atoms with Gasteiger partial charge in [-0.05, 0) is 18.6 Å². The van der Waals surface area contributed by atoms with Crippen LogP contribution in [0, 0.1) is 0 Å². The number of fused-ring (bicyclic) bond motifs is 1. The molecular formula is C16H17N5O2S. The molecule has 3 heterocycles. The van der Waals surface area contributed by atoms with Gasteiger partial charge in [-0.3, -0.25) is 9.40 Å². The van der Waals surface area contributed by atoms with Crippen LogP contribution in [0.15, 0.2) is 47.8 Å². The van der Waals surface area contributed by atoms with Crippen LogP contribution in [0.3, 0.4) is 0 Å². The molecule has 0 spiro atoms. The van der Waals surface area contributed by atoms with Crippen molar-refractivity contribution in [2.45, 2.75) is 24.3 Å². The molecular weight excluding hydrogens is 326 g/mol. The van der Waals surface area contributed by atoms with Gasteiger partial charge in [0.05, 0.1) is 18.1 Å². The topological polar surface area (TPSA) is 81.8 Å². The first-order valence-electron chi connectivity index (χ1n) is 7.69. The van der Waals surface area contributed by atoms with Crippen molar-refractivity contribution < 1.29 is 8.42 Å². The number of sulfonamides is 1. The Labute approximate surface area is 140 Å². The number of benzene rings is 1. The Morgan fingerprint density at radius 2 is 2.12 bits per heavy atom. The fourth-order valence-electron chi connectivity index (χ4n) is 2.98. The molecule has 4 rings (SSSR count). The Bertz CT molecular complexity index is 1000. The number of aromatic nitrogens is 4. The number of rotatable bonds is 4. The Hall–Kier alpha value is -2.61. The number of anilines is 1. The Balaban J connectivity index is 1.66. The molecule has 7 nitrogen and oxygen atoms in total. The smallest absolute Gasteiger partial charge is 0.265 e. The van der Waals surface area contributed by atoms with Gasteiger partial charge in [0.15, 0.2) is 0 Å². The van der Waals surface area contributed by atoms with Crippen LogP contribution in [0.5, 0.6) is 0 Å². The fraction of sp³-hybridized carbons (Fsp3) is 0.250. The van der Waals surface area contributed by atoms with Crippen molar-refractivity contribution in [3.8, 4) is 11.3 Å². The van der Waals surface area contributed by atoms with E-state index in [4.69, 9.17) is 0 Å². The third-order valence-electron chi connectivity index (χ3n) is 4.12. The molecule has 8 heteroatoms. The molecule has 0 unspecified atom stereocenters. The van der Waals surface area contributed by atoms with E-state index in [-0.39, 0.29) is 4.90 Å². The zero-order valence-corrected chi connectivity index (χ0v) is 14.0. The quantitative estimate of drug-likeness (QED) is 0.786. The summed E-state index contributed by atoms with van der Waals surface area (Å²) < 4.78 is 31.1. The average molecular weight is 343 g/mol. The van der Waals surface area contributed by atoms with Crippen LogP contribution in [0.25, 0.3) is 11.3 Å². The van der Waals surface area contributed by atoms with Crippen LogP contribution in [-0.4, -0.2) is 27.7 Å². The van der Waals surface area contributed by atoms with Crippen LogP contribution in [-0.2, 0) is 30.0 Å². The molecule has 2 aromatic heterocycles. The molecule has 0 atom stereocenters. The van der Waals surface area contributed by atoms with Gasteiger partial charge < -0.3 is 4.57 Å². The highest BCUT2D eigenvalue weighted by atomic mass is 32.2. The monoisotopic (exact) mass is 343 g/mol. The number of hydrogen-bond donors (Lipinski definition) is 1. The molecule has 1 aliphatic heterocycles. The summed E-state index contributed by atoms with van der Waals surface area (Å²) in [5, 5.41) is 3.91. The highest BCUT2D eigenvalue weighted by molar-refractivity contribution is 7.92. The predicted octanol–water partition coefficient (Wildman–Crippen LogP) is 2.03. The number of aryl methyl sites for hydroxylation is 2. The van der Waals surface area contributed by atoms with Gasteiger partial charge in [0.25, 0.3) is 10.0 Å². The average Bonchev–Trinajstić information content (AvgIpc) is 3.22. The predicted molar refractivity (Wildman–Crippen MR) is 90.0 cm³/mol. The van der Waals surface area contributed by atoms with Crippen LogP contribution in [0.1, 0.15) is 12.2 Å². The third-order valence-corrected chi connectivity index (χ3v) is 5.46. The van der Waals surface area contributed by atoms with E-state index < -0.39 is 10.0 Å². The van der Waals surface area contributed by atoms with Gasteiger partial charge in [-0.25, -0.2) is 13.4 Å². The minimum Gasteiger partial charge on any atom is -0.328 e. The Morgan fingerprint density at radius 1 is 1.25 bits per heavy atom. The first-order valence-corrected chi connectivity index (χ1v) is 9.17. The van der Waals surface area contributed by atoms with E-state index in [1.165, 1.54) is 17.1 Å².